The van der Waals surface area contributed by atoms with E-state index in [1.165, 1.54) is 12.1 Å². The Labute approximate surface area is 198 Å². The van der Waals surface area contributed by atoms with Gasteiger partial charge in [0.15, 0.2) is 5.43 Å². The number of nitrogens with zero attached hydrogens (tertiary/aromatic N) is 3. The number of ether oxygens (including phenoxy) is 1. The topological polar surface area (TPSA) is 54.8 Å². The van der Waals surface area contributed by atoms with E-state index < -0.39 is 0 Å². The average molecular weight is 474 g/mol. The number of amides is 1. The molecular weight excluding hydrogens is 441 g/mol. The molecule has 2 aliphatic rings. The Bertz CT molecular complexity index is 1030. The molecule has 33 heavy (non-hydrogen) atoms. The van der Waals surface area contributed by atoms with E-state index in [0.717, 1.165) is 62.0 Å². The molecule has 0 saturated carbocycles. The van der Waals surface area contributed by atoms with Crippen LogP contribution in [-0.2, 0) is 17.7 Å². The van der Waals surface area contributed by atoms with Gasteiger partial charge in [0, 0.05) is 74.6 Å². The first-order valence-electron chi connectivity index (χ1n) is 11.7. The van der Waals surface area contributed by atoms with Crippen molar-refractivity contribution in [3.8, 4) is 0 Å². The van der Waals surface area contributed by atoms with Gasteiger partial charge in [-0.15, -0.1) is 0 Å². The van der Waals surface area contributed by atoms with Crippen molar-refractivity contribution >= 4 is 17.7 Å². The molecule has 1 amide bonds. The largest absolute Gasteiger partial charge is 0.379 e. The normalized spacial score (nSPS) is 17.3. The molecule has 0 radical (unpaired) electrons. The van der Waals surface area contributed by atoms with Crippen molar-refractivity contribution < 1.29 is 13.9 Å². The van der Waals surface area contributed by atoms with Gasteiger partial charge in [0.1, 0.15) is 11.4 Å². The fourth-order valence-corrected chi connectivity index (χ4v) is 5.50. The van der Waals surface area contributed by atoms with Crippen LogP contribution >= 0.6 is 11.8 Å². The minimum absolute atomic E-state index is 0.200. The third-order valence-corrected chi connectivity index (χ3v) is 7.30. The molecule has 1 aromatic heterocycles. The SMILES string of the molecule is Cc1cc(=O)c(C(=O)N2CCSCC2)c(Cc2cccc(F)c2)n1CCCN1CCOCC1. The Balaban J connectivity index is 1.66. The fraction of sp³-hybridized carbons (Fsp3) is 0.520. The maximum Gasteiger partial charge on any atom is 0.259 e. The van der Waals surface area contributed by atoms with Crippen molar-refractivity contribution in [1.82, 2.24) is 14.4 Å². The number of halogens is 1. The molecule has 0 unspecified atom stereocenters. The third kappa shape index (κ3) is 6.05. The molecule has 4 rings (SSSR count). The van der Waals surface area contributed by atoms with Crippen LogP contribution in [-0.4, -0.2) is 77.7 Å². The number of carbonyl (C=O) groups excluding carboxylic acids is 1. The van der Waals surface area contributed by atoms with Crippen molar-refractivity contribution in [3.63, 3.8) is 0 Å². The fourth-order valence-electron chi connectivity index (χ4n) is 4.60. The molecular formula is C25H32FN3O3S. The van der Waals surface area contributed by atoms with Crippen molar-refractivity contribution in [1.29, 1.82) is 0 Å². The Hall–Kier alpha value is -2.16. The predicted molar refractivity (Wildman–Crippen MR) is 130 cm³/mol. The highest BCUT2D eigenvalue weighted by molar-refractivity contribution is 7.99. The molecule has 8 heteroatoms. The van der Waals surface area contributed by atoms with Crippen molar-refractivity contribution in [2.75, 3.05) is 57.4 Å². The monoisotopic (exact) mass is 473 g/mol. The van der Waals surface area contributed by atoms with Gasteiger partial charge in [0.05, 0.1) is 13.2 Å². The summed E-state index contributed by atoms with van der Waals surface area (Å²) in [5.74, 6) is 1.24. The molecule has 178 valence electrons. The summed E-state index contributed by atoms with van der Waals surface area (Å²) in [5.41, 5.74) is 2.27. The van der Waals surface area contributed by atoms with E-state index in [2.05, 4.69) is 9.47 Å². The van der Waals surface area contributed by atoms with E-state index in [1.54, 1.807) is 17.0 Å². The van der Waals surface area contributed by atoms with Crippen LogP contribution in [0.15, 0.2) is 35.1 Å². The summed E-state index contributed by atoms with van der Waals surface area (Å²) >= 11 is 1.82. The number of benzene rings is 1. The summed E-state index contributed by atoms with van der Waals surface area (Å²) in [5, 5.41) is 0. The van der Waals surface area contributed by atoms with Gasteiger partial charge in [-0.1, -0.05) is 12.1 Å². The standard InChI is InChI=1S/C25H32FN3O3S/c1-19-16-23(30)24(25(31)28-10-14-33-15-11-28)22(18-20-4-2-5-21(26)17-20)29(19)7-3-6-27-8-12-32-13-9-27/h2,4-5,16-17H,3,6-15,18H2,1H3. The predicted octanol–water partition coefficient (Wildman–Crippen LogP) is 2.80. The number of hydrogen-bond donors (Lipinski definition) is 0. The summed E-state index contributed by atoms with van der Waals surface area (Å²) in [4.78, 5) is 30.8. The lowest BCUT2D eigenvalue weighted by atomic mass is 10.0. The molecule has 6 nitrogen and oxygen atoms in total. The van der Waals surface area contributed by atoms with E-state index >= 15 is 0 Å². The summed E-state index contributed by atoms with van der Waals surface area (Å²) in [6.07, 6.45) is 1.24. The van der Waals surface area contributed by atoms with E-state index in [1.807, 2.05) is 24.8 Å². The summed E-state index contributed by atoms with van der Waals surface area (Å²) in [7, 11) is 0. The number of aromatic nitrogens is 1. The molecule has 2 fully saturated rings. The summed E-state index contributed by atoms with van der Waals surface area (Å²) < 4.78 is 21.5. The van der Waals surface area contributed by atoms with Crippen molar-refractivity contribution in [3.05, 3.63) is 68.9 Å². The van der Waals surface area contributed by atoms with Crippen LogP contribution in [0.5, 0.6) is 0 Å². The second-order valence-electron chi connectivity index (χ2n) is 8.64. The molecule has 0 N–H and O–H groups in total. The maximum absolute atomic E-state index is 13.9. The third-order valence-electron chi connectivity index (χ3n) is 6.36. The summed E-state index contributed by atoms with van der Waals surface area (Å²) in [6.45, 7) is 8.21. The molecule has 2 saturated heterocycles. The van der Waals surface area contributed by atoms with E-state index in [0.29, 0.717) is 31.7 Å². The number of morpholine rings is 1. The van der Waals surface area contributed by atoms with E-state index in [-0.39, 0.29) is 22.7 Å². The van der Waals surface area contributed by atoms with Crippen LogP contribution < -0.4 is 5.43 Å². The lowest BCUT2D eigenvalue weighted by Gasteiger charge is -2.29. The zero-order valence-electron chi connectivity index (χ0n) is 19.2. The molecule has 2 aliphatic heterocycles. The van der Waals surface area contributed by atoms with Crippen LogP contribution in [0.3, 0.4) is 0 Å². The van der Waals surface area contributed by atoms with Gasteiger partial charge in [-0.25, -0.2) is 4.39 Å². The second kappa shape index (κ2) is 11.3. The first kappa shape index (κ1) is 24.0. The van der Waals surface area contributed by atoms with Crippen LogP contribution in [0.4, 0.5) is 4.39 Å². The van der Waals surface area contributed by atoms with Gasteiger partial charge in [-0.2, -0.15) is 11.8 Å². The number of aryl methyl sites for hydroxylation is 1. The quantitative estimate of drug-likeness (QED) is 0.619. The molecule has 0 spiro atoms. The molecule has 0 bridgehead atoms. The Morgan fingerprint density at radius 2 is 1.85 bits per heavy atom. The Kier molecular flexibility index (Phi) is 8.22. The van der Waals surface area contributed by atoms with Gasteiger partial charge in [0.25, 0.3) is 5.91 Å². The minimum atomic E-state index is -0.317. The van der Waals surface area contributed by atoms with Crippen LogP contribution in [0, 0.1) is 12.7 Å². The van der Waals surface area contributed by atoms with Crippen molar-refractivity contribution in [2.45, 2.75) is 26.3 Å². The van der Waals surface area contributed by atoms with Gasteiger partial charge < -0.3 is 14.2 Å². The maximum atomic E-state index is 13.9. The first-order valence-corrected chi connectivity index (χ1v) is 12.8. The van der Waals surface area contributed by atoms with E-state index in [9.17, 15) is 14.0 Å². The number of pyridine rings is 1. The number of hydrogen-bond acceptors (Lipinski definition) is 5. The number of rotatable bonds is 7. The zero-order valence-corrected chi connectivity index (χ0v) is 20.0. The van der Waals surface area contributed by atoms with Crippen LogP contribution in [0.1, 0.15) is 33.7 Å². The van der Waals surface area contributed by atoms with Crippen molar-refractivity contribution in [2.24, 2.45) is 0 Å². The lowest BCUT2D eigenvalue weighted by Crippen LogP contribution is -2.41. The highest BCUT2D eigenvalue weighted by Crippen LogP contribution is 2.20. The minimum Gasteiger partial charge on any atom is -0.379 e. The summed E-state index contributed by atoms with van der Waals surface area (Å²) in [6, 6.07) is 7.99. The highest BCUT2D eigenvalue weighted by atomic mass is 32.2. The zero-order chi connectivity index (χ0) is 23.2. The van der Waals surface area contributed by atoms with Gasteiger partial charge in [-0.05, 0) is 31.0 Å². The lowest BCUT2D eigenvalue weighted by molar-refractivity contribution is 0.0369. The molecule has 2 aromatic rings. The van der Waals surface area contributed by atoms with E-state index in [4.69, 9.17) is 4.74 Å². The Morgan fingerprint density at radius 1 is 1.09 bits per heavy atom. The smallest absolute Gasteiger partial charge is 0.259 e. The van der Waals surface area contributed by atoms with Gasteiger partial charge in [0.2, 0.25) is 0 Å². The number of thioether (sulfide) groups is 1. The molecule has 3 heterocycles. The number of carbonyl (C=O) groups is 1. The average Bonchev–Trinajstić information content (AvgIpc) is 2.82. The van der Waals surface area contributed by atoms with Crippen LogP contribution in [0.2, 0.25) is 0 Å². The van der Waals surface area contributed by atoms with Crippen LogP contribution in [0.25, 0.3) is 0 Å². The Morgan fingerprint density at radius 3 is 2.58 bits per heavy atom. The molecule has 0 aliphatic carbocycles. The molecule has 0 atom stereocenters. The molecule has 1 aromatic carbocycles. The first-order chi connectivity index (χ1) is 16.0. The second-order valence-corrected chi connectivity index (χ2v) is 9.87. The highest BCUT2D eigenvalue weighted by Gasteiger charge is 2.26. The van der Waals surface area contributed by atoms with Gasteiger partial charge in [-0.3, -0.25) is 14.5 Å². The van der Waals surface area contributed by atoms with Gasteiger partial charge >= 0.3 is 0 Å².